The van der Waals surface area contributed by atoms with Crippen LogP contribution in [-0.2, 0) is 13.2 Å². The van der Waals surface area contributed by atoms with Crippen molar-refractivity contribution in [2.75, 3.05) is 5.32 Å². The van der Waals surface area contributed by atoms with Crippen LogP contribution in [0.5, 0.6) is 0 Å². The Labute approximate surface area is 180 Å². The zero-order valence-corrected chi connectivity index (χ0v) is 17.0. The molecule has 14 heteroatoms. The third-order valence-corrected chi connectivity index (χ3v) is 5.47. The number of carbonyl (C=O) groups is 2. The Morgan fingerprint density at radius 3 is 2.68 bits per heavy atom. The summed E-state index contributed by atoms with van der Waals surface area (Å²) >= 11 is 7.39. The van der Waals surface area contributed by atoms with Crippen molar-refractivity contribution in [2.45, 2.75) is 6.18 Å². The number of hydrogen-bond acceptors (Lipinski definition) is 6. The monoisotopic (exact) mass is 469 g/mol. The van der Waals surface area contributed by atoms with E-state index >= 15 is 0 Å². The van der Waals surface area contributed by atoms with Crippen molar-refractivity contribution in [3.05, 3.63) is 51.9 Å². The van der Waals surface area contributed by atoms with Crippen molar-refractivity contribution in [2.24, 2.45) is 12.8 Å². The van der Waals surface area contributed by atoms with Crippen LogP contribution in [-0.4, -0.2) is 36.2 Å². The lowest BCUT2D eigenvalue weighted by atomic mass is 10.2. The first-order chi connectivity index (χ1) is 14.6. The maximum Gasteiger partial charge on any atom is 0.433 e. The molecule has 4 aromatic rings. The highest BCUT2D eigenvalue weighted by molar-refractivity contribution is 7.13. The van der Waals surface area contributed by atoms with Gasteiger partial charge in [0.25, 0.3) is 11.8 Å². The molecule has 31 heavy (non-hydrogen) atoms. The quantitative estimate of drug-likeness (QED) is 0.475. The summed E-state index contributed by atoms with van der Waals surface area (Å²) in [6, 6.07) is 4.10. The van der Waals surface area contributed by atoms with Crippen molar-refractivity contribution < 1.29 is 22.8 Å². The van der Waals surface area contributed by atoms with E-state index in [1.54, 1.807) is 17.5 Å². The second-order valence-electron chi connectivity index (χ2n) is 6.25. The van der Waals surface area contributed by atoms with E-state index < -0.39 is 29.4 Å². The SMILES string of the molecule is Cn1ncc(NC(=O)c2nn3c(C(F)(F)F)cc(-c4cccs4)nc3c2Cl)c1C(N)=O. The molecule has 0 aliphatic rings. The number of nitrogens with one attached hydrogen (secondary N) is 1. The van der Waals surface area contributed by atoms with E-state index in [0.717, 1.165) is 16.9 Å². The Morgan fingerprint density at radius 1 is 1.32 bits per heavy atom. The third kappa shape index (κ3) is 3.61. The van der Waals surface area contributed by atoms with Gasteiger partial charge in [-0.2, -0.15) is 23.4 Å². The van der Waals surface area contributed by atoms with Crippen molar-refractivity contribution in [1.29, 1.82) is 0 Å². The van der Waals surface area contributed by atoms with Crippen LogP contribution in [0.1, 0.15) is 26.7 Å². The number of halogens is 4. The maximum absolute atomic E-state index is 13.7. The molecule has 0 saturated carbocycles. The molecule has 160 valence electrons. The molecule has 0 aliphatic heterocycles. The summed E-state index contributed by atoms with van der Waals surface area (Å²) in [6.45, 7) is 0. The van der Waals surface area contributed by atoms with E-state index in [-0.39, 0.29) is 27.7 Å². The average molecular weight is 470 g/mol. The Bertz CT molecular complexity index is 1330. The zero-order valence-electron chi connectivity index (χ0n) is 15.4. The molecule has 0 bridgehead atoms. The van der Waals surface area contributed by atoms with Gasteiger partial charge in [0.05, 0.1) is 22.5 Å². The third-order valence-electron chi connectivity index (χ3n) is 4.23. The standard InChI is InChI=1S/C17H11ClF3N7O2S/c1-27-13(14(22)29)8(6-23-27)25-16(30)12-11(18)15-24-7(9-3-2-4-31-9)5-10(17(19,20)21)28(15)26-12/h2-6H,1H3,(H2,22,29)(H,25,30). The second-order valence-corrected chi connectivity index (χ2v) is 7.57. The number of primary amides is 1. The fourth-order valence-electron chi connectivity index (χ4n) is 2.89. The normalized spacial score (nSPS) is 11.8. The number of nitrogens with two attached hydrogens (primary N) is 1. The van der Waals surface area contributed by atoms with E-state index in [9.17, 15) is 22.8 Å². The molecule has 0 atom stereocenters. The summed E-state index contributed by atoms with van der Waals surface area (Å²) in [7, 11) is 1.43. The number of hydrogen-bond donors (Lipinski definition) is 2. The summed E-state index contributed by atoms with van der Waals surface area (Å²) in [6.07, 6.45) is -3.63. The van der Waals surface area contributed by atoms with Gasteiger partial charge in [-0.1, -0.05) is 17.7 Å². The molecule has 2 amide bonds. The minimum atomic E-state index is -4.79. The molecule has 4 rings (SSSR count). The first-order valence-electron chi connectivity index (χ1n) is 8.41. The Morgan fingerprint density at radius 2 is 2.06 bits per heavy atom. The predicted molar refractivity (Wildman–Crippen MR) is 106 cm³/mol. The molecule has 0 spiro atoms. The maximum atomic E-state index is 13.7. The van der Waals surface area contributed by atoms with Crippen molar-refractivity contribution >= 4 is 46.1 Å². The molecule has 0 radical (unpaired) electrons. The Kier molecular flexibility index (Phi) is 4.94. The van der Waals surface area contributed by atoms with Crippen LogP contribution < -0.4 is 11.1 Å². The van der Waals surface area contributed by atoms with Gasteiger partial charge in [-0.05, 0) is 17.5 Å². The molecular formula is C17H11ClF3N7O2S. The molecule has 3 N–H and O–H groups in total. The summed E-state index contributed by atoms with van der Waals surface area (Å²) in [4.78, 5) is 28.9. The van der Waals surface area contributed by atoms with Crippen molar-refractivity contribution in [1.82, 2.24) is 24.4 Å². The lowest BCUT2D eigenvalue weighted by Crippen LogP contribution is -2.20. The molecular weight excluding hydrogens is 459 g/mol. The second kappa shape index (κ2) is 7.35. The van der Waals surface area contributed by atoms with Crippen LogP contribution in [0, 0.1) is 0 Å². The number of amides is 2. The van der Waals surface area contributed by atoms with E-state index in [2.05, 4.69) is 20.5 Å². The van der Waals surface area contributed by atoms with Gasteiger partial charge in [0, 0.05) is 7.05 Å². The zero-order chi connectivity index (χ0) is 22.5. The highest BCUT2D eigenvalue weighted by Gasteiger charge is 2.37. The van der Waals surface area contributed by atoms with Gasteiger partial charge in [-0.3, -0.25) is 14.3 Å². The van der Waals surface area contributed by atoms with Crippen LogP contribution in [0.3, 0.4) is 0 Å². The molecule has 0 aliphatic carbocycles. The number of aryl methyl sites for hydroxylation is 1. The Hall–Kier alpha value is -3.45. The number of carbonyl (C=O) groups excluding carboxylic acids is 2. The lowest BCUT2D eigenvalue weighted by Gasteiger charge is -2.10. The van der Waals surface area contributed by atoms with Gasteiger partial charge in [-0.25, -0.2) is 9.50 Å². The van der Waals surface area contributed by atoms with Crippen molar-refractivity contribution in [3.63, 3.8) is 0 Å². The summed E-state index contributed by atoms with van der Waals surface area (Å²) < 4.78 is 42.6. The van der Waals surface area contributed by atoms with E-state index in [1.165, 1.54) is 18.4 Å². The Balaban J connectivity index is 1.84. The minimum Gasteiger partial charge on any atom is -0.364 e. The highest BCUT2D eigenvalue weighted by atomic mass is 35.5. The van der Waals surface area contributed by atoms with Crippen LogP contribution in [0.2, 0.25) is 5.02 Å². The molecule has 0 saturated heterocycles. The fourth-order valence-corrected chi connectivity index (χ4v) is 3.82. The van der Waals surface area contributed by atoms with Crippen LogP contribution >= 0.6 is 22.9 Å². The largest absolute Gasteiger partial charge is 0.433 e. The van der Waals surface area contributed by atoms with Crippen LogP contribution in [0.15, 0.2) is 29.8 Å². The number of thiophene rings is 1. The first kappa shape index (κ1) is 20.8. The number of rotatable bonds is 4. The topological polar surface area (TPSA) is 120 Å². The molecule has 9 nitrogen and oxygen atoms in total. The lowest BCUT2D eigenvalue weighted by molar-refractivity contribution is -0.142. The molecule has 4 heterocycles. The van der Waals surface area contributed by atoms with E-state index in [1.807, 2.05) is 0 Å². The summed E-state index contributed by atoms with van der Waals surface area (Å²) in [5.41, 5.74) is 3.14. The fraction of sp³-hybridized carbons (Fsp3) is 0.118. The summed E-state index contributed by atoms with van der Waals surface area (Å²) in [5, 5.41) is 11.2. The average Bonchev–Trinajstić information content (AvgIpc) is 3.40. The van der Waals surface area contributed by atoms with Crippen LogP contribution in [0.4, 0.5) is 18.9 Å². The number of fused-ring (bicyclic) bond motifs is 1. The number of aromatic nitrogens is 5. The highest BCUT2D eigenvalue weighted by Crippen LogP contribution is 2.35. The predicted octanol–water partition coefficient (Wildman–Crippen LogP) is 3.21. The van der Waals surface area contributed by atoms with Crippen LogP contribution in [0.25, 0.3) is 16.2 Å². The molecule has 4 aromatic heterocycles. The molecule has 0 fully saturated rings. The van der Waals surface area contributed by atoms with Crippen molar-refractivity contribution in [3.8, 4) is 10.6 Å². The molecule has 0 unspecified atom stereocenters. The first-order valence-corrected chi connectivity index (χ1v) is 9.67. The van der Waals surface area contributed by atoms with Gasteiger partial charge in [0.2, 0.25) is 0 Å². The van der Waals surface area contributed by atoms with Gasteiger partial charge in [-0.15, -0.1) is 11.3 Å². The van der Waals surface area contributed by atoms with E-state index in [4.69, 9.17) is 17.3 Å². The van der Waals surface area contributed by atoms with Gasteiger partial charge >= 0.3 is 6.18 Å². The number of nitrogens with zero attached hydrogens (tertiary/aromatic N) is 5. The number of anilines is 1. The summed E-state index contributed by atoms with van der Waals surface area (Å²) in [5.74, 6) is -1.82. The van der Waals surface area contributed by atoms with Gasteiger partial charge in [0.15, 0.2) is 17.0 Å². The van der Waals surface area contributed by atoms with Gasteiger partial charge in [0.1, 0.15) is 10.7 Å². The van der Waals surface area contributed by atoms with E-state index in [0.29, 0.717) is 9.39 Å². The van der Waals surface area contributed by atoms with Gasteiger partial charge < -0.3 is 11.1 Å². The molecule has 0 aromatic carbocycles. The minimum absolute atomic E-state index is 0.0341. The number of alkyl halides is 3. The smallest absolute Gasteiger partial charge is 0.364 e.